The van der Waals surface area contributed by atoms with Crippen LogP contribution in [0.15, 0.2) is 42.7 Å². The molecule has 0 radical (unpaired) electrons. The molecule has 1 aromatic carbocycles. The van der Waals surface area contributed by atoms with Gasteiger partial charge in [-0.15, -0.1) is 0 Å². The molecule has 17 heavy (non-hydrogen) atoms. The van der Waals surface area contributed by atoms with Crippen LogP contribution in [0.3, 0.4) is 0 Å². The van der Waals surface area contributed by atoms with Gasteiger partial charge < -0.3 is 5.32 Å². The smallest absolute Gasteiger partial charge is 0.0820 e. The summed E-state index contributed by atoms with van der Waals surface area (Å²) in [5, 5.41) is 4.68. The number of rotatable bonds is 4. The summed E-state index contributed by atoms with van der Waals surface area (Å²) in [5.41, 5.74) is 2.16. The third-order valence-electron chi connectivity index (χ3n) is 2.41. The molecule has 0 unspecified atom stereocenters. The van der Waals surface area contributed by atoms with Gasteiger partial charge in [-0.3, -0.25) is 4.98 Å². The maximum atomic E-state index is 5.98. The molecule has 0 atom stereocenters. The van der Waals surface area contributed by atoms with Crippen molar-refractivity contribution in [2.75, 3.05) is 11.9 Å². The van der Waals surface area contributed by atoms with Crippen molar-refractivity contribution in [2.24, 2.45) is 0 Å². The number of halogens is 2. The molecule has 0 saturated heterocycles. The summed E-state index contributed by atoms with van der Waals surface area (Å²) in [7, 11) is 0. The third-order valence-corrected chi connectivity index (χ3v) is 2.97. The zero-order valence-corrected chi connectivity index (χ0v) is 10.7. The molecule has 1 heterocycles. The van der Waals surface area contributed by atoms with Gasteiger partial charge in [0.25, 0.3) is 0 Å². The van der Waals surface area contributed by atoms with Crippen LogP contribution in [0.25, 0.3) is 0 Å². The second-order valence-electron chi connectivity index (χ2n) is 3.66. The molecule has 4 heteroatoms. The van der Waals surface area contributed by atoms with E-state index in [4.69, 9.17) is 23.2 Å². The molecule has 0 spiro atoms. The Labute approximate surface area is 111 Å². The maximum Gasteiger partial charge on any atom is 0.0820 e. The highest BCUT2D eigenvalue weighted by atomic mass is 35.5. The molecular weight excluding hydrogens is 255 g/mol. The third kappa shape index (κ3) is 3.62. The first-order valence-electron chi connectivity index (χ1n) is 5.33. The van der Waals surface area contributed by atoms with E-state index in [9.17, 15) is 0 Å². The van der Waals surface area contributed by atoms with Crippen molar-refractivity contribution in [3.63, 3.8) is 0 Å². The molecule has 0 fully saturated rings. The van der Waals surface area contributed by atoms with E-state index in [2.05, 4.69) is 10.3 Å². The van der Waals surface area contributed by atoms with E-state index in [1.54, 1.807) is 12.4 Å². The van der Waals surface area contributed by atoms with E-state index in [1.165, 1.54) is 5.56 Å². The Balaban J connectivity index is 1.88. The van der Waals surface area contributed by atoms with Crippen molar-refractivity contribution in [2.45, 2.75) is 6.42 Å². The van der Waals surface area contributed by atoms with Crippen molar-refractivity contribution >= 4 is 28.9 Å². The molecule has 0 saturated carbocycles. The van der Waals surface area contributed by atoms with E-state index in [0.29, 0.717) is 5.02 Å². The highest BCUT2D eigenvalue weighted by Crippen LogP contribution is 2.19. The van der Waals surface area contributed by atoms with Gasteiger partial charge >= 0.3 is 0 Å². The van der Waals surface area contributed by atoms with E-state index in [-0.39, 0.29) is 0 Å². The molecule has 2 rings (SSSR count). The number of anilines is 1. The van der Waals surface area contributed by atoms with Gasteiger partial charge in [0.15, 0.2) is 0 Å². The summed E-state index contributed by atoms with van der Waals surface area (Å²) < 4.78 is 0. The Kier molecular flexibility index (Phi) is 4.24. The van der Waals surface area contributed by atoms with Gasteiger partial charge in [-0.2, -0.15) is 0 Å². The monoisotopic (exact) mass is 266 g/mol. The molecule has 0 aliphatic rings. The van der Waals surface area contributed by atoms with E-state index >= 15 is 0 Å². The normalized spacial score (nSPS) is 10.2. The number of aromatic nitrogens is 1. The van der Waals surface area contributed by atoms with Crippen molar-refractivity contribution in [3.05, 3.63) is 58.3 Å². The van der Waals surface area contributed by atoms with Gasteiger partial charge in [0.05, 0.1) is 10.7 Å². The van der Waals surface area contributed by atoms with E-state index in [0.717, 1.165) is 23.7 Å². The van der Waals surface area contributed by atoms with Crippen molar-refractivity contribution < 1.29 is 0 Å². The average molecular weight is 267 g/mol. The number of nitrogens with zero attached hydrogens (tertiary/aromatic N) is 1. The first-order valence-corrected chi connectivity index (χ1v) is 6.09. The molecule has 0 aliphatic carbocycles. The van der Waals surface area contributed by atoms with Crippen LogP contribution in [-0.2, 0) is 6.42 Å². The first kappa shape index (κ1) is 12.2. The minimum atomic E-state index is 0.642. The second kappa shape index (κ2) is 5.89. The van der Waals surface area contributed by atoms with Gasteiger partial charge in [-0.1, -0.05) is 35.3 Å². The Hall–Kier alpha value is -1.25. The van der Waals surface area contributed by atoms with Gasteiger partial charge in [-0.25, -0.2) is 0 Å². The van der Waals surface area contributed by atoms with Crippen molar-refractivity contribution in [1.82, 2.24) is 4.98 Å². The second-order valence-corrected chi connectivity index (χ2v) is 4.50. The minimum Gasteiger partial charge on any atom is -0.383 e. The Morgan fingerprint density at radius 1 is 1.06 bits per heavy atom. The van der Waals surface area contributed by atoms with Crippen LogP contribution in [0.2, 0.25) is 10.0 Å². The lowest BCUT2D eigenvalue weighted by molar-refractivity contribution is 1.02. The summed E-state index contributed by atoms with van der Waals surface area (Å²) in [6.45, 7) is 0.825. The molecule has 0 aliphatic heterocycles. The van der Waals surface area contributed by atoms with Crippen LogP contribution < -0.4 is 5.32 Å². The minimum absolute atomic E-state index is 0.642. The molecular formula is C13H12Cl2N2. The molecule has 0 bridgehead atoms. The van der Waals surface area contributed by atoms with Gasteiger partial charge in [0.2, 0.25) is 0 Å². The number of hydrogen-bond acceptors (Lipinski definition) is 2. The van der Waals surface area contributed by atoms with Crippen LogP contribution in [0.1, 0.15) is 5.56 Å². The van der Waals surface area contributed by atoms with Crippen molar-refractivity contribution in [3.8, 4) is 0 Å². The summed E-state index contributed by atoms with van der Waals surface area (Å²) in [6.07, 6.45) is 4.28. The topological polar surface area (TPSA) is 24.9 Å². The Morgan fingerprint density at radius 2 is 1.82 bits per heavy atom. The molecule has 1 aromatic heterocycles. The van der Waals surface area contributed by atoms with E-state index in [1.807, 2.05) is 30.3 Å². The molecule has 2 aromatic rings. The zero-order valence-electron chi connectivity index (χ0n) is 9.16. The average Bonchev–Trinajstić information content (AvgIpc) is 2.34. The van der Waals surface area contributed by atoms with Crippen LogP contribution in [0.4, 0.5) is 5.69 Å². The fraction of sp³-hybridized carbons (Fsp3) is 0.154. The van der Waals surface area contributed by atoms with Gasteiger partial charge in [0, 0.05) is 24.0 Å². The first-order chi connectivity index (χ1) is 8.25. The fourth-order valence-corrected chi connectivity index (χ4v) is 1.82. The quantitative estimate of drug-likeness (QED) is 0.904. The summed E-state index contributed by atoms with van der Waals surface area (Å²) in [5.74, 6) is 0. The molecule has 88 valence electrons. The standard InChI is InChI=1S/C13H12Cl2N2/c14-11-3-1-10(2-4-11)5-8-17-13-6-7-16-9-12(13)15/h1-4,6-7,9H,5,8H2,(H,16,17). The zero-order chi connectivity index (χ0) is 12.1. The Morgan fingerprint density at radius 3 is 2.53 bits per heavy atom. The van der Waals surface area contributed by atoms with Gasteiger partial charge in [-0.05, 0) is 30.2 Å². The maximum absolute atomic E-state index is 5.98. The fourth-order valence-electron chi connectivity index (χ4n) is 1.51. The van der Waals surface area contributed by atoms with Gasteiger partial charge in [0.1, 0.15) is 0 Å². The van der Waals surface area contributed by atoms with E-state index < -0.39 is 0 Å². The molecule has 1 N–H and O–H groups in total. The number of pyridine rings is 1. The van der Waals surface area contributed by atoms with Crippen LogP contribution >= 0.6 is 23.2 Å². The lowest BCUT2D eigenvalue weighted by Crippen LogP contribution is -2.05. The summed E-state index contributed by atoms with van der Waals surface area (Å²) in [4.78, 5) is 3.93. The van der Waals surface area contributed by atoms with Crippen LogP contribution in [0.5, 0.6) is 0 Å². The summed E-state index contributed by atoms with van der Waals surface area (Å²) >= 11 is 11.8. The Bertz CT molecular complexity index is 483. The predicted octanol–water partition coefficient (Wildman–Crippen LogP) is 4.04. The summed E-state index contributed by atoms with van der Waals surface area (Å²) in [6, 6.07) is 9.72. The lowest BCUT2D eigenvalue weighted by Gasteiger charge is -2.07. The predicted molar refractivity (Wildman–Crippen MR) is 72.9 cm³/mol. The van der Waals surface area contributed by atoms with Crippen LogP contribution in [0, 0.1) is 0 Å². The largest absolute Gasteiger partial charge is 0.383 e. The number of hydrogen-bond donors (Lipinski definition) is 1. The van der Waals surface area contributed by atoms with Crippen molar-refractivity contribution in [1.29, 1.82) is 0 Å². The molecule has 2 nitrogen and oxygen atoms in total. The lowest BCUT2D eigenvalue weighted by atomic mass is 10.1. The SMILES string of the molecule is Clc1ccc(CCNc2ccncc2Cl)cc1. The highest BCUT2D eigenvalue weighted by Gasteiger charge is 1.98. The number of nitrogens with one attached hydrogen (secondary N) is 1. The highest BCUT2D eigenvalue weighted by molar-refractivity contribution is 6.33. The number of benzene rings is 1. The molecule has 0 amide bonds. The van der Waals surface area contributed by atoms with Crippen LogP contribution in [-0.4, -0.2) is 11.5 Å².